The van der Waals surface area contributed by atoms with E-state index in [2.05, 4.69) is 17.0 Å². The Morgan fingerprint density at radius 3 is 2.23 bits per heavy atom. The lowest BCUT2D eigenvalue weighted by molar-refractivity contribution is -0.118. The molecule has 2 heterocycles. The van der Waals surface area contributed by atoms with Crippen molar-refractivity contribution in [2.45, 2.75) is 13.3 Å². The lowest BCUT2D eigenvalue weighted by Crippen LogP contribution is -2.49. The third kappa shape index (κ3) is 4.10. The van der Waals surface area contributed by atoms with Crippen molar-refractivity contribution in [3.63, 3.8) is 0 Å². The number of aliphatic imine (C=N–C) groups is 1. The van der Waals surface area contributed by atoms with Crippen LogP contribution in [0.15, 0.2) is 58.0 Å². The Morgan fingerprint density at radius 1 is 1.09 bits per heavy atom. The van der Waals surface area contributed by atoms with Crippen molar-refractivity contribution in [1.82, 2.24) is 5.32 Å². The van der Waals surface area contributed by atoms with Gasteiger partial charge >= 0.3 is 6.03 Å². The minimum atomic E-state index is -1.06. The van der Waals surface area contributed by atoms with Crippen molar-refractivity contribution in [1.29, 1.82) is 0 Å². The number of allylic oxidation sites excluding steroid dienone is 1. The van der Waals surface area contributed by atoms with Gasteiger partial charge in [0.2, 0.25) is 5.91 Å². The average Bonchev–Trinajstić information content (AvgIpc) is 3.21. The first-order chi connectivity index (χ1) is 16.7. The molecule has 0 fully saturated rings. The zero-order valence-corrected chi connectivity index (χ0v) is 19.9. The van der Waals surface area contributed by atoms with Gasteiger partial charge in [-0.25, -0.2) is 18.6 Å². The second-order valence-corrected chi connectivity index (χ2v) is 8.21. The minimum absolute atomic E-state index is 0.0475. The minimum Gasteiger partial charge on any atom is -0.493 e. The number of carbonyl (C=O) groups excluding carboxylic acids is 2. The van der Waals surface area contributed by atoms with Crippen LogP contribution < -0.4 is 24.6 Å². The first-order valence-electron chi connectivity index (χ1n) is 10.4. The van der Waals surface area contributed by atoms with Gasteiger partial charge in [-0.15, -0.1) is 0 Å². The Bertz CT molecular complexity index is 1280. The fourth-order valence-electron chi connectivity index (χ4n) is 4.12. The summed E-state index contributed by atoms with van der Waals surface area (Å²) in [5.74, 6) is -2.80. The summed E-state index contributed by atoms with van der Waals surface area (Å²) in [6.07, 6.45) is -0.0475. The summed E-state index contributed by atoms with van der Waals surface area (Å²) in [5.41, 5.74) is 1.11. The van der Waals surface area contributed by atoms with Crippen molar-refractivity contribution in [3.05, 3.63) is 69.7 Å². The summed E-state index contributed by atoms with van der Waals surface area (Å²) in [4.78, 5) is 32.1. The summed E-state index contributed by atoms with van der Waals surface area (Å²) < 4.78 is 40.7. The van der Waals surface area contributed by atoms with Crippen LogP contribution >= 0.6 is 11.6 Å². The molecule has 4 rings (SSSR count). The highest BCUT2D eigenvalue weighted by atomic mass is 35.5. The Morgan fingerprint density at radius 2 is 1.69 bits per heavy atom. The number of amides is 3. The standard InChI is InChI=1S/C24H21ClF2N4O4/c1-12-11-30(22-19(26)16(34-3)10-17(35-4)20(22)27)24(33)31(14-7-5-13(25)6-8-14)21(12)15-9-18(32)29-23(15)28-2/h5-8,10H,2,9,11H2,1,3-4H3,(H,29,32). The molecule has 2 aliphatic rings. The number of carbonyl (C=O) groups is 2. The Labute approximate surface area is 205 Å². The molecule has 0 radical (unpaired) electrons. The zero-order valence-electron chi connectivity index (χ0n) is 19.1. The smallest absolute Gasteiger partial charge is 0.334 e. The number of nitrogens with one attached hydrogen (secondary N) is 1. The fourth-order valence-corrected chi connectivity index (χ4v) is 4.25. The molecule has 0 aromatic heterocycles. The van der Waals surface area contributed by atoms with E-state index in [1.54, 1.807) is 31.2 Å². The molecule has 2 aliphatic heterocycles. The summed E-state index contributed by atoms with van der Waals surface area (Å²) in [7, 11) is 2.45. The van der Waals surface area contributed by atoms with Gasteiger partial charge in [0.1, 0.15) is 11.5 Å². The third-order valence-corrected chi connectivity index (χ3v) is 5.93. The van der Waals surface area contributed by atoms with Crippen LogP contribution in [0, 0.1) is 11.6 Å². The fraction of sp³-hybridized carbons (Fsp3) is 0.208. The molecule has 0 saturated carbocycles. The summed E-state index contributed by atoms with van der Waals surface area (Å²) >= 11 is 6.04. The summed E-state index contributed by atoms with van der Waals surface area (Å²) in [6, 6.07) is 6.62. The lowest BCUT2D eigenvalue weighted by atomic mass is 10.0. The molecule has 35 heavy (non-hydrogen) atoms. The van der Waals surface area contributed by atoms with Gasteiger partial charge in [0.05, 0.1) is 38.6 Å². The number of anilines is 2. The third-order valence-electron chi connectivity index (χ3n) is 5.68. The van der Waals surface area contributed by atoms with Crippen molar-refractivity contribution in [3.8, 4) is 11.5 Å². The molecule has 0 bridgehead atoms. The molecular formula is C24H21ClF2N4O4. The second kappa shape index (κ2) is 9.38. The first-order valence-corrected chi connectivity index (χ1v) is 10.8. The highest BCUT2D eigenvalue weighted by Gasteiger charge is 2.40. The van der Waals surface area contributed by atoms with E-state index in [1.165, 1.54) is 19.1 Å². The van der Waals surface area contributed by atoms with Crippen molar-refractivity contribution >= 4 is 41.6 Å². The van der Waals surface area contributed by atoms with Gasteiger partial charge in [-0.2, -0.15) is 0 Å². The maximum atomic E-state index is 15.3. The molecule has 0 atom stereocenters. The number of hydrogen-bond donors (Lipinski definition) is 1. The molecule has 0 aliphatic carbocycles. The van der Waals surface area contributed by atoms with E-state index in [1.807, 2.05) is 0 Å². The Balaban J connectivity index is 1.96. The number of urea groups is 1. The molecular weight excluding hydrogens is 482 g/mol. The maximum absolute atomic E-state index is 15.3. The predicted octanol–water partition coefficient (Wildman–Crippen LogP) is 4.79. The number of hydrogen-bond acceptors (Lipinski definition) is 5. The number of nitrogens with zero attached hydrogens (tertiary/aromatic N) is 3. The number of methoxy groups -OCH3 is 2. The molecule has 0 saturated heterocycles. The van der Waals surface area contributed by atoms with Gasteiger partial charge in [-0.3, -0.25) is 14.6 Å². The van der Waals surface area contributed by atoms with Crippen LogP contribution in [-0.4, -0.2) is 39.4 Å². The quantitative estimate of drug-likeness (QED) is 0.576. The monoisotopic (exact) mass is 502 g/mol. The van der Waals surface area contributed by atoms with Gasteiger partial charge in [0.25, 0.3) is 0 Å². The Kier molecular flexibility index (Phi) is 6.49. The van der Waals surface area contributed by atoms with Gasteiger partial charge in [0.15, 0.2) is 23.1 Å². The molecule has 0 unspecified atom stereocenters. The predicted molar refractivity (Wildman–Crippen MR) is 128 cm³/mol. The molecule has 1 N–H and O–H groups in total. The van der Waals surface area contributed by atoms with E-state index in [0.717, 1.165) is 11.0 Å². The number of rotatable bonds is 6. The highest BCUT2D eigenvalue weighted by Crippen LogP contribution is 2.42. The summed E-state index contributed by atoms with van der Waals surface area (Å²) in [6.45, 7) is 5.02. The van der Waals surface area contributed by atoms with E-state index in [4.69, 9.17) is 21.1 Å². The lowest BCUT2D eigenvalue weighted by Gasteiger charge is -2.39. The van der Waals surface area contributed by atoms with Gasteiger partial charge in [-0.05, 0) is 43.5 Å². The van der Waals surface area contributed by atoms with Crippen LogP contribution in [0.3, 0.4) is 0 Å². The molecule has 2 aromatic rings. The van der Waals surface area contributed by atoms with Crippen LogP contribution in [0.25, 0.3) is 0 Å². The van der Waals surface area contributed by atoms with Crippen LogP contribution in [0.5, 0.6) is 11.5 Å². The Hall–Kier alpha value is -3.92. The molecule has 2 aromatic carbocycles. The number of ether oxygens (including phenoxy) is 2. The van der Waals surface area contributed by atoms with E-state index in [-0.39, 0.29) is 36.2 Å². The van der Waals surface area contributed by atoms with Gasteiger partial charge < -0.3 is 14.8 Å². The van der Waals surface area contributed by atoms with Crippen molar-refractivity contribution in [2.75, 3.05) is 30.6 Å². The van der Waals surface area contributed by atoms with Crippen molar-refractivity contribution in [2.24, 2.45) is 4.99 Å². The number of halogens is 3. The van der Waals surface area contributed by atoms with Crippen molar-refractivity contribution < 1.29 is 27.8 Å². The maximum Gasteiger partial charge on any atom is 0.334 e. The molecule has 11 heteroatoms. The van der Waals surface area contributed by atoms with Crippen LogP contribution in [-0.2, 0) is 4.79 Å². The van der Waals surface area contributed by atoms with E-state index >= 15 is 8.78 Å². The first kappa shape index (κ1) is 24.2. The average molecular weight is 503 g/mol. The van der Waals surface area contributed by atoms with Gasteiger partial charge in [0, 0.05) is 16.7 Å². The number of benzene rings is 2. The van der Waals surface area contributed by atoms with Crippen LogP contribution in [0.1, 0.15) is 13.3 Å². The van der Waals surface area contributed by atoms with E-state index < -0.39 is 23.4 Å². The molecule has 0 spiro atoms. The highest BCUT2D eigenvalue weighted by molar-refractivity contribution is 6.30. The SMILES string of the molecule is C=NC1=C(C2=C(C)CN(c3c(F)c(OC)cc(OC)c3F)C(=O)N2c2ccc(Cl)cc2)CC(=O)N1. The van der Waals surface area contributed by atoms with Gasteiger partial charge in [-0.1, -0.05) is 11.6 Å². The topological polar surface area (TPSA) is 83.5 Å². The normalized spacial score (nSPS) is 16.2. The zero-order chi connectivity index (χ0) is 25.4. The molecule has 8 nitrogen and oxygen atoms in total. The summed E-state index contributed by atoms with van der Waals surface area (Å²) in [5, 5.41) is 3.04. The second-order valence-electron chi connectivity index (χ2n) is 7.78. The van der Waals surface area contributed by atoms with Crippen LogP contribution in [0.2, 0.25) is 5.02 Å². The van der Waals surface area contributed by atoms with E-state index in [0.29, 0.717) is 27.6 Å². The molecule has 3 amide bonds. The van der Waals surface area contributed by atoms with E-state index in [9.17, 15) is 9.59 Å². The largest absolute Gasteiger partial charge is 0.493 e. The van der Waals surface area contributed by atoms with Crippen LogP contribution in [0.4, 0.5) is 25.0 Å². The molecule has 182 valence electrons.